The van der Waals surface area contributed by atoms with E-state index < -0.39 is 0 Å². The van der Waals surface area contributed by atoms with E-state index in [4.69, 9.17) is 5.73 Å². The van der Waals surface area contributed by atoms with E-state index in [1.165, 1.54) is 24.9 Å². The summed E-state index contributed by atoms with van der Waals surface area (Å²) in [6.07, 6.45) is 7.47. The van der Waals surface area contributed by atoms with Gasteiger partial charge >= 0.3 is 0 Å². The quantitative estimate of drug-likeness (QED) is 0.713. The molecule has 0 saturated heterocycles. The van der Waals surface area contributed by atoms with Gasteiger partial charge in [0.05, 0.1) is 0 Å². The minimum atomic E-state index is 0.744. The number of hydrogen-bond acceptors (Lipinski definition) is 3. The zero-order chi connectivity index (χ0) is 14.8. The highest BCUT2D eigenvalue weighted by atomic mass is 15.1. The predicted molar refractivity (Wildman–Crippen MR) is 86.4 cm³/mol. The van der Waals surface area contributed by atoms with Crippen LogP contribution in [0.1, 0.15) is 45.6 Å². The van der Waals surface area contributed by atoms with Crippen molar-refractivity contribution in [3.63, 3.8) is 0 Å². The number of nitrogens with zero attached hydrogens (tertiary/aromatic N) is 2. The Bertz CT molecular complexity index is 337. The van der Waals surface area contributed by atoms with Crippen LogP contribution in [0.4, 0.5) is 0 Å². The zero-order valence-electron chi connectivity index (χ0n) is 13.4. The van der Waals surface area contributed by atoms with Crippen LogP contribution in [0, 0.1) is 11.8 Å². The Labute approximate surface area is 124 Å². The average Bonchev–Trinajstić information content (AvgIpc) is 2.46. The summed E-state index contributed by atoms with van der Waals surface area (Å²) in [6.45, 7) is 11.0. The van der Waals surface area contributed by atoms with Crippen LogP contribution in [-0.2, 0) is 6.54 Å². The van der Waals surface area contributed by atoms with Crippen LogP contribution < -0.4 is 5.73 Å². The number of pyridine rings is 1. The van der Waals surface area contributed by atoms with Gasteiger partial charge in [0.1, 0.15) is 0 Å². The molecular formula is C17H31N3. The molecule has 1 heterocycles. The maximum Gasteiger partial charge on any atom is 0.0271 e. The van der Waals surface area contributed by atoms with E-state index in [0.717, 1.165) is 37.9 Å². The summed E-state index contributed by atoms with van der Waals surface area (Å²) in [7, 11) is 0. The zero-order valence-corrected chi connectivity index (χ0v) is 13.4. The molecule has 0 fully saturated rings. The van der Waals surface area contributed by atoms with Gasteiger partial charge in [0.25, 0.3) is 0 Å². The van der Waals surface area contributed by atoms with Crippen LogP contribution in [0.2, 0.25) is 0 Å². The smallest absolute Gasteiger partial charge is 0.0271 e. The lowest BCUT2D eigenvalue weighted by atomic mass is 9.88. The number of nitrogens with two attached hydrogens (primary N) is 1. The van der Waals surface area contributed by atoms with Crippen LogP contribution in [-0.4, -0.2) is 29.5 Å². The van der Waals surface area contributed by atoms with Gasteiger partial charge in [0, 0.05) is 18.9 Å². The van der Waals surface area contributed by atoms with Crippen molar-refractivity contribution >= 4 is 0 Å². The first-order valence-electron chi connectivity index (χ1n) is 7.98. The highest BCUT2D eigenvalue weighted by Gasteiger charge is 2.13. The average molecular weight is 277 g/mol. The fourth-order valence-electron chi connectivity index (χ4n) is 2.70. The van der Waals surface area contributed by atoms with E-state index >= 15 is 0 Å². The fourth-order valence-corrected chi connectivity index (χ4v) is 2.70. The van der Waals surface area contributed by atoms with E-state index in [1.807, 2.05) is 12.4 Å². The summed E-state index contributed by atoms with van der Waals surface area (Å²) in [4.78, 5) is 6.58. The van der Waals surface area contributed by atoms with E-state index in [2.05, 4.69) is 42.8 Å². The van der Waals surface area contributed by atoms with Crippen molar-refractivity contribution in [1.82, 2.24) is 9.88 Å². The van der Waals surface area contributed by atoms with Crippen molar-refractivity contribution in [3.8, 4) is 0 Å². The summed E-state index contributed by atoms with van der Waals surface area (Å²) in [5.74, 6) is 1.52. The standard InChI is InChI=1S/C17H31N3/c1-4-20(14-16-8-11-19-12-9-16)13-5-6-17(7-10-18)15(2)3/h8-9,11-12,15,17H,4-7,10,13-14,18H2,1-3H3. The number of aromatic nitrogens is 1. The molecule has 0 spiro atoms. The normalized spacial score (nSPS) is 13.1. The Balaban J connectivity index is 2.34. The Morgan fingerprint density at radius 3 is 2.45 bits per heavy atom. The maximum atomic E-state index is 5.71. The summed E-state index contributed by atoms with van der Waals surface area (Å²) >= 11 is 0. The van der Waals surface area contributed by atoms with Crippen molar-refractivity contribution in [1.29, 1.82) is 0 Å². The number of rotatable bonds is 10. The summed E-state index contributed by atoms with van der Waals surface area (Å²) in [5.41, 5.74) is 7.06. The Morgan fingerprint density at radius 2 is 1.90 bits per heavy atom. The van der Waals surface area contributed by atoms with Gasteiger partial charge in [0.15, 0.2) is 0 Å². The summed E-state index contributed by atoms with van der Waals surface area (Å²) in [6, 6.07) is 4.21. The summed E-state index contributed by atoms with van der Waals surface area (Å²) in [5, 5.41) is 0. The van der Waals surface area contributed by atoms with Gasteiger partial charge in [-0.25, -0.2) is 0 Å². The van der Waals surface area contributed by atoms with Gasteiger partial charge in [0.2, 0.25) is 0 Å². The van der Waals surface area contributed by atoms with Crippen LogP contribution in [0.15, 0.2) is 24.5 Å². The molecule has 3 nitrogen and oxygen atoms in total. The fraction of sp³-hybridized carbons (Fsp3) is 0.706. The second-order valence-corrected chi connectivity index (χ2v) is 5.95. The Kier molecular flexibility index (Phi) is 8.47. The van der Waals surface area contributed by atoms with E-state index in [-0.39, 0.29) is 0 Å². The topological polar surface area (TPSA) is 42.1 Å². The van der Waals surface area contributed by atoms with Crippen LogP contribution in [0.5, 0.6) is 0 Å². The Morgan fingerprint density at radius 1 is 1.20 bits per heavy atom. The van der Waals surface area contributed by atoms with Gasteiger partial charge in [-0.2, -0.15) is 0 Å². The molecule has 20 heavy (non-hydrogen) atoms. The molecule has 1 atom stereocenters. The van der Waals surface area contributed by atoms with Crippen LogP contribution in [0.3, 0.4) is 0 Å². The van der Waals surface area contributed by atoms with E-state index in [0.29, 0.717) is 0 Å². The molecule has 2 N–H and O–H groups in total. The molecule has 0 aromatic carbocycles. The van der Waals surface area contributed by atoms with Crippen molar-refractivity contribution in [2.45, 2.75) is 46.6 Å². The molecule has 0 aliphatic rings. The second kappa shape index (κ2) is 9.89. The predicted octanol–water partition coefficient (Wildman–Crippen LogP) is 3.30. The third-order valence-corrected chi connectivity index (χ3v) is 4.13. The third-order valence-electron chi connectivity index (χ3n) is 4.13. The lowest BCUT2D eigenvalue weighted by molar-refractivity contribution is 0.250. The minimum Gasteiger partial charge on any atom is -0.330 e. The lowest BCUT2D eigenvalue weighted by Crippen LogP contribution is -2.25. The molecule has 1 unspecified atom stereocenters. The van der Waals surface area contributed by atoms with Gasteiger partial charge < -0.3 is 5.73 Å². The van der Waals surface area contributed by atoms with Gasteiger partial charge in [-0.15, -0.1) is 0 Å². The highest BCUT2D eigenvalue weighted by Crippen LogP contribution is 2.20. The van der Waals surface area contributed by atoms with Crippen LogP contribution in [0.25, 0.3) is 0 Å². The summed E-state index contributed by atoms with van der Waals surface area (Å²) < 4.78 is 0. The molecular weight excluding hydrogens is 246 g/mol. The van der Waals surface area contributed by atoms with Crippen molar-refractivity contribution in [2.75, 3.05) is 19.6 Å². The third kappa shape index (κ3) is 6.49. The first kappa shape index (κ1) is 17.1. The second-order valence-electron chi connectivity index (χ2n) is 5.95. The van der Waals surface area contributed by atoms with Crippen molar-refractivity contribution in [2.24, 2.45) is 17.6 Å². The monoisotopic (exact) mass is 277 g/mol. The molecule has 0 aliphatic heterocycles. The largest absolute Gasteiger partial charge is 0.330 e. The molecule has 114 valence electrons. The van der Waals surface area contributed by atoms with Crippen LogP contribution >= 0.6 is 0 Å². The van der Waals surface area contributed by atoms with Crippen molar-refractivity contribution in [3.05, 3.63) is 30.1 Å². The highest BCUT2D eigenvalue weighted by molar-refractivity contribution is 5.09. The molecule has 1 aromatic rings. The van der Waals surface area contributed by atoms with E-state index in [9.17, 15) is 0 Å². The molecule has 0 saturated carbocycles. The molecule has 0 radical (unpaired) electrons. The SMILES string of the molecule is CCN(CCCC(CCN)C(C)C)Cc1ccncc1. The molecule has 3 heteroatoms. The molecule has 1 rings (SSSR count). The molecule has 0 bridgehead atoms. The first-order chi connectivity index (χ1) is 9.67. The van der Waals surface area contributed by atoms with Gasteiger partial charge in [-0.3, -0.25) is 9.88 Å². The molecule has 0 amide bonds. The molecule has 1 aromatic heterocycles. The first-order valence-corrected chi connectivity index (χ1v) is 7.98. The Hall–Kier alpha value is -0.930. The molecule has 0 aliphatic carbocycles. The maximum absolute atomic E-state index is 5.71. The van der Waals surface area contributed by atoms with Gasteiger partial charge in [-0.1, -0.05) is 20.8 Å². The van der Waals surface area contributed by atoms with Gasteiger partial charge in [-0.05, 0) is 68.4 Å². The minimum absolute atomic E-state index is 0.744. The van der Waals surface area contributed by atoms with E-state index in [1.54, 1.807) is 0 Å². The number of hydrogen-bond donors (Lipinski definition) is 1. The lowest BCUT2D eigenvalue weighted by Gasteiger charge is -2.24. The van der Waals surface area contributed by atoms with Crippen molar-refractivity contribution < 1.29 is 0 Å².